The summed E-state index contributed by atoms with van der Waals surface area (Å²) in [6.07, 6.45) is 0.453. The number of hydrogen-bond acceptors (Lipinski definition) is 8. The molecule has 1 atom stereocenters. The molecule has 166 valence electrons. The number of nitrogens with zero attached hydrogens (tertiary/aromatic N) is 7. The minimum Gasteiger partial charge on any atom is -0.372 e. The number of aliphatic hydroxyl groups excluding tert-OH is 1. The summed E-state index contributed by atoms with van der Waals surface area (Å²) in [7, 11) is 0. The molecule has 0 aliphatic carbocycles. The summed E-state index contributed by atoms with van der Waals surface area (Å²) in [5, 5.41) is 23.7. The number of pyridine rings is 1. The van der Waals surface area contributed by atoms with Crippen molar-refractivity contribution in [3.8, 4) is 11.5 Å². The normalized spacial score (nSPS) is 15.0. The molecule has 0 fully saturated rings. The summed E-state index contributed by atoms with van der Waals surface area (Å²) in [5.74, 6) is 0.909. The van der Waals surface area contributed by atoms with E-state index in [4.69, 9.17) is 9.73 Å². The fraction of sp³-hybridized carbons (Fsp3) is 0.348. The molecule has 0 spiro atoms. The van der Waals surface area contributed by atoms with Crippen LogP contribution >= 0.6 is 0 Å². The third-order valence-corrected chi connectivity index (χ3v) is 5.30. The largest absolute Gasteiger partial charge is 0.372 e. The number of ether oxygens (including phenoxy) is 1. The molecule has 0 saturated carbocycles. The van der Waals surface area contributed by atoms with E-state index in [0.717, 1.165) is 30.0 Å². The Bertz CT molecular complexity index is 1150. The van der Waals surface area contributed by atoms with Crippen LogP contribution in [0.25, 0.3) is 11.5 Å². The Morgan fingerprint density at radius 2 is 1.88 bits per heavy atom. The molecular formula is C23H27N7O2. The summed E-state index contributed by atoms with van der Waals surface area (Å²) in [6, 6.07) is 11.7. The summed E-state index contributed by atoms with van der Waals surface area (Å²) in [6.45, 7) is 10.3. The van der Waals surface area contributed by atoms with Crippen LogP contribution < -0.4 is 4.90 Å². The molecule has 2 aromatic heterocycles. The van der Waals surface area contributed by atoms with E-state index in [1.165, 1.54) is 0 Å². The number of rotatable bonds is 8. The third-order valence-electron chi connectivity index (χ3n) is 5.30. The molecule has 9 nitrogen and oxygen atoms in total. The summed E-state index contributed by atoms with van der Waals surface area (Å²) in [4.78, 5) is 11.4. The van der Waals surface area contributed by atoms with Crippen molar-refractivity contribution in [1.82, 2.24) is 19.9 Å². The number of fused-ring (bicyclic) bond motifs is 1. The molecule has 0 radical (unpaired) electrons. The van der Waals surface area contributed by atoms with Gasteiger partial charge in [0, 0.05) is 31.6 Å². The van der Waals surface area contributed by atoms with Gasteiger partial charge in [0.2, 0.25) is 17.9 Å². The fourth-order valence-corrected chi connectivity index (χ4v) is 3.63. The monoisotopic (exact) mass is 433 g/mol. The predicted molar refractivity (Wildman–Crippen MR) is 125 cm³/mol. The molecule has 4 rings (SSSR count). The molecule has 0 saturated heterocycles. The Labute approximate surface area is 187 Å². The van der Waals surface area contributed by atoms with E-state index in [0.29, 0.717) is 35.4 Å². The molecule has 9 heteroatoms. The first-order valence-electron chi connectivity index (χ1n) is 10.8. The van der Waals surface area contributed by atoms with Gasteiger partial charge in [-0.3, -0.25) is 4.98 Å². The van der Waals surface area contributed by atoms with Gasteiger partial charge in [0.05, 0.1) is 5.69 Å². The standard InChI is InChI=1S/C23H27N7O2/c1-5-29(6-2)16-11-12-17(15(4)14-16)25-19-20(23(31)32-7-3)28-30-21(26-27-22(19)30)18-10-8-9-13-24-18/h8-14,23,31H,5-7H2,1-4H3/b25-19-. The third kappa shape index (κ3) is 4.04. The molecule has 32 heavy (non-hydrogen) atoms. The van der Waals surface area contributed by atoms with Crippen molar-refractivity contribution in [3.63, 3.8) is 0 Å². The first-order chi connectivity index (χ1) is 15.6. The highest BCUT2D eigenvalue weighted by Gasteiger charge is 2.33. The minimum absolute atomic E-state index is 0.293. The van der Waals surface area contributed by atoms with Crippen molar-refractivity contribution in [2.75, 3.05) is 24.6 Å². The second kappa shape index (κ2) is 9.37. The van der Waals surface area contributed by atoms with E-state index in [-0.39, 0.29) is 0 Å². The molecule has 1 unspecified atom stereocenters. The molecule has 1 aliphatic heterocycles. The maximum atomic E-state index is 10.6. The van der Waals surface area contributed by atoms with Crippen LogP contribution in [0.1, 0.15) is 32.2 Å². The first kappa shape index (κ1) is 21.8. The Hall–Kier alpha value is -3.43. The fourth-order valence-electron chi connectivity index (χ4n) is 3.63. The van der Waals surface area contributed by atoms with Crippen LogP contribution in [0.5, 0.6) is 0 Å². The maximum absolute atomic E-state index is 10.6. The molecule has 0 bridgehead atoms. The van der Waals surface area contributed by atoms with Crippen molar-refractivity contribution in [2.45, 2.75) is 34.0 Å². The van der Waals surface area contributed by atoms with Gasteiger partial charge in [0.1, 0.15) is 17.1 Å². The molecule has 1 N–H and O–H groups in total. The van der Waals surface area contributed by atoms with Crippen LogP contribution in [-0.4, -0.2) is 62.4 Å². The number of hydrogen-bond donors (Lipinski definition) is 1. The lowest BCUT2D eigenvalue weighted by Gasteiger charge is -2.21. The minimum atomic E-state index is -1.23. The molecule has 3 heterocycles. The van der Waals surface area contributed by atoms with E-state index in [1.54, 1.807) is 10.9 Å². The lowest BCUT2D eigenvalue weighted by Crippen LogP contribution is -2.29. The number of aryl methyl sites for hydroxylation is 1. The average molecular weight is 434 g/mol. The molecule has 1 aromatic carbocycles. The van der Waals surface area contributed by atoms with E-state index in [1.807, 2.05) is 44.2 Å². The summed E-state index contributed by atoms with van der Waals surface area (Å²) < 4.78 is 6.96. The molecule has 1 aliphatic rings. The van der Waals surface area contributed by atoms with Gasteiger partial charge in [-0.2, -0.15) is 9.78 Å². The van der Waals surface area contributed by atoms with Crippen LogP contribution in [0.4, 0.5) is 11.4 Å². The number of aliphatic imine (C=N–C) groups is 1. The number of aromatic nitrogens is 4. The number of anilines is 1. The van der Waals surface area contributed by atoms with Gasteiger partial charge in [0.15, 0.2) is 0 Å². The van der Waals surface area contributed by atoms with Crippen LogP contribution in [0.3, 0.4) is 0 Å². The Morgan fingerprint density at radius 3 is 2.53 bits per heavy atom. The summed E-state index contributed by atoms with van der Waals surface area (Å²) >= 11 is 0. The Balaban J connectivity index is 1.79. The van der Waals surface area contributed by atoms with Crippen LogP contribution in [0.2, 0.25) is 0 Å². The average Bonchev–Trinajstić information content (AvgIpc) is 3.37. The van der Waals surface area contributed by atoms with Crippen LogP contribution in [0.15, 0.2) is 52.7 Å². The van der Waals surface area contributed by atoms with Crippen molar-refractivity contribution in [2.24, 2.45) is 10.1 Å². The second-order valence-corrected chi connectivity index (χ2v) is 7.27. The van der Waals surface area contributed by atoms with Gasteiger partial charge in [-0.15, -0.1) is 10.2 Å². The second-order valence-electron chi connectivity index (χ2n) is 7.27. The Kier molecular flexibility index (Phi) is 6.38. The predicted octanol–water partition coefficient (Wildman–Crippen LogP) is 3.19. The first-order valence-corrected chi connectivity index (χ1v) is 10.8. The number of benzene rings is 1. The zero-order valence-electron chi connectivity index (χ0n) is 18.7. The van der Waals surface area contributed by atoms with Crippen molar-refractivity contribution >= 4 is 22.8 Å². The van der Waals surface area contributed by atoms with Crippen molar-refractivity contribution < 1.29 is 9.84 Å². The summed E-state index contributed by atoms with van der Waals surface area (Å²) in [5.41, 5.74) is 4.27. The van der Waals surface area contributed by atoms with E-state index in [9.17, 15) is 5.11 Å². The number of aliphatic hydroxyl groups is 1. The zero-order valence-corrected chi connectivity index (χ0v) is 18.7. The van der Waals surface area contributed by atoms with Gasteiger partial charge in [0.25, 0.3) is 0 Å². The highest BCUT2D eigenvalue weighted by Crippen LogP contribution is 2.28. The van der Waals surface area contributed by atoms with Gasteiger partial charge in [-0.05, 0) is 63.6 Å². The lowest BCUT2D eigenvalue weighted by molar-refractivity contribution is -0.0425. The van der Waals surface area contributed by atoms with Gasteiger partial charge < -0.3 is 14.7 Å². The van der Waals surface area contributed by atoms with Gasteiger partial charge >= 0.3 is 0 Å². The SMILES string of the molecule is CCOC(O)C1=Nn2c(nnc2-c2ccccn2)/C1=N\c1ccc(N(CC)CC)cc1C. The maximum Gasteiger partial charge on any atom is 0.206 e. The lowest BCUT2D eigenvalue weighted by atomic mass is 10.1. The topological polar surface area (TPSA) is 101 Å². The van der Waals surface area contributed by atoms with Crippen molar-refractivity contribution in [3.05, 3.63) is 54.0 Å². The van der Waals surface area contributed by atoms with Gasteiger partial charge in [-0.1, -0.05) is 6.07 Å². The molecule has 0 amide bonds. The van der Waals surface area contributed by atoms with Gasteiger partial charge in [-0.25, -0.2) is 4.99 Å². The smallest absolute Gasteiger partial charge is 0.206 e. The molecular weight excluding hydrogens is 406 g/mol. The van der Waals surface area contributed by atoms with Crippen LogP contribution in [-0.2, 0) is 4.74 Å². The zero-order chi connectivity index (χ0) is 22.7. The van der Waals surface area contributed by atoms with Crippen molar-refractivity contribution in [1.29, 1.82) is 0 Å². The van der Waals surface area contributed by atoms with Crippen LogP contribution in [0, 0.1) is 6.92 Å². The molecule has 3 aromatic rings. The quantitative estimate of drug-likeness (QED) is 0.548. The van der Waals surface area contributed by atoms with E-state index < -0.39 is 6.29 Å². The van der Waals surface area contributed by atoms with E-state index in [2.05, 4.69) is 45.1 Å². The Morgan fingerprint density at radius 1 is 1.09 bits per heavy atom. The van der Waals surface area contributed by atoms with E-state index >= 15 is 0 Å². The highest BCUT2D eigenvalue weighted by molar-refractivity contribution is 6.50. The highest BCUT2D eigenvalue weighted by atomic mass is 16.6.